The maximum absolute atomic E-state index is 13.0. The summed E-state index contributed by atoms with van der Waals surface area (Å²) in [6.07, 6.45) is 1.14. The van der Waals surface area contributed by atoms with Crippen molar-refractivity contribution in [2.24, 2.45) is 0 Å². The summed E-state index contributed by atoms with van der Waals surface area (Å²) in [5.74, 6) is -0.167. The maximum atomic E-state index is 13.0. The highest BCUT2D eigenvalue weighted by Gasteiger charge is 2.15. The summed E-state index contributed by atoms with van der Waals surface area (Å²) in [7, 11) is 0. The molecule has 0 N–H and O–H groups in total. The minimum Gasteiger partial charge on any atom is -0.370 e. The molecule has 1 heterocycles. The molecular formula is C18H21FN2. The SMILES string of the molecule is Fc1ccc(N2CCCN(Cc3ccccc3)CC2)cc1. The van der Waals surface area contributed by atoms with Gasteiger partial charge in [0.2, 0.25) is 0 Å². The number of nitrogens with zero attached hydrogens (tertiary/aromatic N) is 2. The Morgan fingerprint density at radius 1 is 0.810 bits per heavy atom. The average Bonchev–Trinajstić information content (AvgIpc) is 2.75. The van der Waals surface area contributed by atoms with Gasteiger partial charge in [-0.3, -0.25) is 4.90 Å². The normalized spacial score (nSPS) is 16.7. The molecule has 1 aliphatic rings. The van der Waals surface area contributed by atoms with Gasteiger partial charge in [-0.25, -0.2) is 4.39 Å². The predicted molar refractivity (Wildman–Crippen MR) is 84.9 cm³/mol. The molecule has 2 aromatic rings. The van der Waals surface area contributed by atoms with Crippen LogP contribution in [0, 0.1) is 5.82 Å². The van der Waals surface area contributed by atoms with Crippen molar-refractivity contribution in [3.63, 3.8) is 0 Å². The molecule has 2 aromatic carbocycles. The molecule has 0 radical (unpaired) electrons. The molecule has 2 nitrogen and oxygen atoms in total. The van der Waals surface area contributed by atoms with Crippen LogP contribution in [0.15, 0.2) is 54.6 Å². The van der Waals surface area contributed by atoms with Gasteiger partial charge in [0.05, 0.1) is 0 Å². The van der Waals surface area contributed by atoms with E-state index < -0.39 is 0 Å². The van der Waals surface area contributed by atoms with Crippen LogP contribution in [-0.2, 0) is 6.54 Å². The van der Waals surface area contributed by atoms with Crippen LogP contribution in [0.4, 0.5) is 10.1 Å². The first-order valence-electron chi connectivity index (χ1n) is 7.58. The first-order chi connectivity index (χ1) is 10.3. The summed E-state index contributed by atoms with van der Waals surface area (Å²) in [5, 5.41) is 0. The van der Waals surface area contributed by atoms with Crippen LogP contribution >= 0.6 is 0 Å². The van der Waals surface area contributed by atoms with E-state index in [1.807, 2.05) is 12.1 Å². The molecule has 3 heteroatoms. The Bertz CT molecular complexity index is 553. The van der Waals surface area contributed by atoms with Crippen LogP contribution in [-0.4, -0.2) is 31.1 Å². The van der Waals surface area contributed by atoms with Gasteiger partial charge in [0, 0.05) is 38.4 Å². The molecule has 0 bridgehead atoms. The van der Waals surface area contributed by atoms with E-state index in [0.717, 1.165) is 44.8 Å². The Labute approximate surface area is 125 Å². The zero-order chi connectivity index (χ0) is 14.5. The molecule has 0 saturated carbocycles. The van der Waals surface area contributed by atoms with E-state index in [4.69, 9.17) is 0 Å². The number of hydrogen-bond donors (Lipinski definition) is 0. The van der Waals surface area contributed by atoms with E-state index in [1.165, 1.54) is 5.56 Å². The van der Waals surface area contributed by atoms with Crippen molar-refractivity contribution in [1.29, 1.82) is 0 Å². The Hall–Kier alpha value is -1.87. The largest absolute Gasteiger partial charge is 0.370 e. The lowest BCUT2D eigenvalue weighted by molar-refractivity contribution is 0.285. The van der Waals surface area contributed by atoms with Crippen molar-refractivity contribution in [3.05, 3.63) is 66.0 Å². The van der Waals surface area contributed by atoms with Gasteiger partial charge in [0.25, 0.3) is 0 Å². The minimum absolute atomic E-state index is 0.167. The molecule has 1 fully saturated rings. The van der Waals surface area contributed by atoms with Crippen molar-refractivity contribution in [2.75, 3.05) is 31.1 Å². The third-order valence-corrected chi connectivity index (χ3v) is 4.03. The Balaban J connectivity index is 1.60. The number of hydrogen-bond acceptors (Lipinski definition) is 2. The van der Waals surface area contributed by atoms with Gasteiger partial charge < -0.3 is 4.90 Å². The van der Waals surface area contributed by atoms with Crippen molar-refractivity contribution in [1.82, 2.24) is 4.90 Å². The summed E-state index contributed by atoms with van der Waals surface area (Å²) in [6, 6.07) is 17.5. The lowest BCUT2D eigenvalue weighted by Gasteiger charge is -2.23. The minimum atomic E-state index is -0.167. The van der Waals surface area contributed by atoms with E-state index in [1.54, 1.807) is 12.1 Å². The summed E-state index contributed by atoms with van der Waals surface area (Å²) in [5.41, 5.74) is 2.49. The molecule has 3 rings (SSSR count). The monoisotopic (exact) mass is 284 g/mol. The van der Waals surface area contributed by atoms with Gasteiger partial charge in [-0.1, -0.05) is 30.3 Å². The summed E-state index contributed by atoms with van der Waals surface area (Å²) >= 11 is 0. The standard InChI is InChI=1S/C18H21FN2/c19-17-7-9-18(10-8-17)21-12-4-11-20(13-14-21)15-16-5-2-1-3-6-16/h1-3,5-10H,4,11-15H2. The molecular weight excluding hydrogens is 263 g/mol. The number of rotatable bonds is 3. The molecule has 0 atom stereocenters. The second kappa shape index (κ2) is 6.72. The molecule has 0 aliphatic carbocycles. The van der Waals surface area contributed by atoms with Gasteiger partial charge in [0.15, 0.2) is 0 Å². The molecule has 0 spiro atoms. The molecule has 1 aliphatic heterocycles. The fraction of sp³-hybridized carbons (Fsp3) is 0.333. The molecule has 110 valence electrons. The Kier molecular flexibility index (Phi) is 4.51. The van der Waals surface area contributed by atoms with Crippen molar-refractivity contribution in [2.45, 2.75) is 13.0 Å². The first kappa shape index (κ1) is 14.1. The number of halogens is 1. The molecule has 0 unspecified atom stereocenters. The van der Waals surface area contributed by atoms with Gasteiger partial charge in [-0.15, -0.1) is 0 Å². The van der Waals surface area contributed by atoms with E-state index in [2.05, 4.69) is 40.1 Å². The van der Waals surface area contributed by atoms with Crippen LogP contribution in [0.1, 0.15) is 12.0 Å². The van der Waals surface area contributed by atoms with Crippen molar-refractivity contribution in [3.8, 4) is 0 Å². The van der Waals surface area contributed by atoms with Crippen LogP contribution in [0.5, 0.6) is 0 Å². The van der Waals surface area contributed by atoms with Gasteiger partial charge >= 0.3 is 0 Å². The van der Waals surface area contributed by atoms with E-state index >= 15 is 0 Å². The fourth-order valence-corrected chi connectivity index (χ4v) is 2.88. The average molecular weight is 284 g/mol. The van der Waals surface area contributed by atoms with Gasteiger partial charge in [-0.05, 0) is 36.2 Å². The van der Waals surface area contributed by atoms with Crippen molar-refractivity contribution < 1.29 is 4.39 Å². The van der Waals surface area contributed by atoms with Crippen molar-refractivity contribution >= 4 is 5.69 Å². The highest BCUT2D eigenvalue weighted by Crippen LogP contribution is 2.17. The highest BCUT2D eigenvalue weighted by molar-refractivity contribution is 5.46. The number of anilines is 1. The quantitative estimate of drug-likeness (QED) is 0.850. The number of benzene rings is 2. The summed E-state index contributed by atoms with van der Waals surface area (Å²) < 4.78 is 13.0. The van der Waals surface area contributed by atoms with E-state index in [-0.39, 0.29) is 5.82 Å². The second-order valence-electron chi connectivity index (χ2n) is 5.58. The lowest BCUT2D eigenvalue weighted by Crippen LogP contribution is -2.30. The third kappa shape index (κ3) is 3.82. The third-order valence-electron chi connectivity index (χ3n) is 4.03. The van der Waals surface area contributed by atoms with Crippen LogP contribution in [0.2, 0.25) is 0 Å². The molecule has 21 heavy (non-hydrogen) atoms. The molecule has 0 aromatic heterocycles. The van der Waals surface area contributed by atoms with Crippen LogP contribution < -0.4 is 4.90 Å². The lowest BCUT2D eigenvalue weighted by atomic mass is 10.2. The van der Waals surface area contributed by atoms with E-state index in [0.29, 0.717) is 0 Å². The smallest absolute Gasteiger partial charge is 0.123 e. The van der Waals surface area contributed by atoms with E-state index in [9.17, 15) is 4.39 Å². The Morgan fingerprint density at radius 3 is 2.33 bits per heavy atom. The topological polar surface area (TPSA) is 6.48 Å². The van der Waals surface area contributed by atoms with Gasteiger partial charge in [0.1, 0.15) is 5.82 Å². The zero-order valence-corrected chi connectivity index (χ0v) is 12.2. The predicted octanol–water partition coefficient (Wildman–Crippen LogP) is 3.54. The second-order valence-corrected chi connectivity index (χ2v) is 5.58. The first-order valence-corrected chi connectivity index (χ1v) is 7.58. The highest BCUT2D eigenvalue weighted by atomic mass is 19.1. The Morgan fingerprint density at radius 2 is 1.57 bits per heavy atom. The summed E-state index contributed by atoms with van der Waals surface area (Å²) in [6.45, 7) is 5.21. The van der Waals surface area contributed by atoms with Gasteiger partial charge in [-0.2, -0.15) is 0 Å². The molecule has 1 saturated heterocycles. The maximum Gasteiger partial charge on any atom is 0.123 e. The zero-order valence-electron chi connectivity index (χ0n) is 12.2. The van der Waals surface area contributed by atoms with Crippen LogP contribution in [0.3, 0.4) is 0 Å². The molecule has 0 amide bonds. The fourth-order valence-electron chi connectivity index (χ4n) is 2.88. The van der Waals surface area contributed by atoms with Crippen LogP contribution in [0.25, 0.3) is 0 Å². The summed E-state index contributed by atoms with van der Waals surface area (Å²) in [4.78, 5) is 4.85.